The second-order valence-electron chi connectivity index (χ2n) is 8.00. The molecule has 5 nitrogen and oxygen atoms in total. The van der Waals surface area contributed by atoms with Crippen LogP contribution in [0.2, 0.25) is 0 Å². The fourth-order valence-electron chi connectivity index (χ4n) is 4.85. The molecule has 2 aliphatic carbocycles. The number of aliphatic hydroxyl groups is 1. The molecule has 2 saturated carbocycles. The number of carbonyl (C=O) groups excluding carboxylic acids is 2. The van der Waals surface area contributed by atoms with Gasteiger partial charge in [-0.05, 0) is 33.1 Å². The smallest absolute Gasteiger partial charge is 0.302 e. The van der Waals surface area contributed by atoms with Crippen LogP contribution in [-0.2, 0) is 19.1 Å². The van der Waals surface area contributed by atoms with Crippen LogP contribution >= 0.6 is 0 Å². The van der Waals surface area contributed by atoms with E-state index in [0.29, 0.717) is 25.9 Å². The number of ketones is 1. The topological polar surface area (TPSA) is 76.1 Å². The van der Waals surface area contributed by atoms with Crippen LogP contribution in [0.3, 0.4) is 0 Å². The molecule has 1 saturated heterocycles. The van der Waals surface area contributed by atoms with E-state index in [4.69, 9.17) is 9.47 Å². The van der Waals surface area contributed by atoms with Crippen molar-refractivity contribution in [3.05, 3.63) is 0 Å². The average molecular weight is 310 g/mol. The zero-order valence-corrected chi connectivity index (χ0v) is 13.8. The zero-order chi connectivity index (χ0) is 16.3. The minimum Gasteiger partial charge on any atom is -0.462 e. The van der Waals surface area contributed by atoms with Gasteiger partial charge in [-0.2, -0.15) is 0 Å². The van der Waals surface area contributed by atoms with Crippen LogP contribution in [0, 0.1) is 17.3 Å². The first-order valence-electron chi connectivity index (χ1n) is 8.17. The van der Waals surface area contributed by atoms with Crippen LogP contribution in [0.15, 0.2) is 0 Å². The summed E-state index contributed by atoms with van der Waals surface area (Å²) in [5, 5.41) is 11.0. The Morgan fingerprint density at radius 3 is 2.50 bits per heavy atom. The maximum absolute atomic E-state index is 12.6. The van der Waals surface area contributed by atoms with E-state index in [0.717, 1.165) is 6.42 Å². The van der Waals surface area contributed by atoms with Gasteiger partial charge in [0, 0.05) is 30.6 Å². The monoisotopic (exact) mass is 310 g/mol. The van der Waals surface area contributed by atoms with Gasteiger partial charge in [0.05, 0.1) is 17.8 Å². The summed E-state index contributed by atoms with van der Waals surface area (Å²) < 4.78 is 11.3. The number of hydrogen-bond acceptors (Lipinski definition) is 5. The van der Waals surface area contributed by atoms with Gasteiger partial charge >= 0.3 is 5.97 Å². The molecule has 0 spiro atoms. The quantitative estimate of drug-likeness (QED) is 0.622. The van der Waals surface area contributed by atoms with Crippen molar-refractivity contribution in [2.75, 3.05) is 6.61 Å². The molecule has 0 radical (unpaired) electrons. The number of ether oxygens (including phenoxy) is 2. The maximum atomic E-state index is 12.6. The normalized spacial score (nSPS) is 51.1. The standard InChI is InChI=1S/C17H26O5/c1-10(18)22-13-11(17(4)9-21-17)5-7-15(2)12(19)6-8-16(3,20)14(13)15/h11,13-14,20H,5-9H2,1-4H3/t11-,13-,14-,15+,16+,17?/m1/s1. The van der Waals surface area contributed by atoms with Gasteiger partial charge < -0.3 is 14.6 Å². The lowest BCUT2D eigenvalue weighted by Gasteiger charge is -2.56. The molecule has 3 aliphatic rings. The van der Waals surface area contributed by atoms with E-state index in [1.165, 1.54) is 6.92 Å². The van der Waals surface area contributed by atoms with Gasteiger partial charge in [-0.3, -0.25) is 9.59 Å². The highest BCUT2D eigenvalue weighted by atomic mass is 16.6. The first kappa shape index (κ1) is 15.9. The van der Waals surface area contributed by atoms with Gasteiger partial charge in [-0.1, -0.05) is 6.92 Å². The molecular formula is C17H26O5. The number of fused-ring (bicyclic) bond motifs is 1. The minimum atomic E-state index is -1.01. The number of epoxide rings is 1. The van der Waals surface area contributed by atoms with Crippen LogP contribution in [0.1, 0.15) is 53.4 Å². The van der Waals surface area contributed by atoms with E-state index < -0.39 is 17.1 Å². The Labute approximate surface area is 131 Å². The lowest BCUT2D eigenvalue weighted by Crippen LogP contribution is -2.63. The van der Waals surface area contributed by atoms with Crippen molar-refractivity contribution in [2.45, 2.75) is 70.7 Å². The summed E-state index contributed by atoms with van der Waals surface area (Å²) in [5.41, 5.74) is -1.92. The molecule has 5 heteroatoms. The molecule has 0 aromatic heterocycles. The summed E-state index contributed by atoms with van der Waals surface area (Å²) in [4.78, 5) is 24.2. The summed E-state index contributed by atoms with van der Waals surface area (Å²) in [7, 11) is 0. The lowest BCUT2D eigenvalue weighted by molar-refractivity contribution is -0.205. The number of hydrogen-bond donors (Lipinski definition) is 1. The highest BCUT2D eigenvalue weighted by molar-refractivity contribution is 5.86. The van der Waals surface area contributed by atoms with Crippen LogP contribution in [0.4, 0.5) is 0 Å². The predicted molar refractivity (Wildman–Crippen MR) is 79.1 cm³/mol. The Kier molecular flexibility index (Phi) is 3.46. The van der Waals surface area contributed by atoms with E-state index in [9.17, 15) is 14.7 Å². The van der Waals surface area contributed by atoms with Crippen LogP contribution in [-0.4, -0.2) is 40.8 Å². The Bertz CT molecular complexity index is 507. The SMILES string of the molecule is CC(=O)O[C@@H]1[C@H](C2(C)CO2)CC[C@@]2(C)C(=O)CC[C@](C)(O)[C@H]12. The summed E-state index contributed by atoms with van der Waals surface area (Å²) in [5.74, 6) is -0.518. The molecule has 22 heavy (non-hydrogen) atoms. The van der Waals surface area contributed by atoms with E-state index in [1.54, 1.807) is 6.92 Å². The van der Waals surface area contributed by atoms with Gasteiger partial charge in [0.1, 0.15) is 11.9 Å². The van der Waals surface area contributed by atoms with E-state index in [2.05, 4.69) is 0 Å². The van der Waals surface area contributed by atoms with Crippen LogP contribution in [0.5, 0.6) is 0 Å². The van der Waals surface area contributed by atoms with Gasteiger partial charge in [0.25, 0.3) is 0 Å². The van der Waals surface area contributed by atoms with Crippen molar-refractivity contribution < 1.29 is 24.2 Å². The first-order valence-corrected chi connectivity index (χ1v) is 8.17. The molecule has 1 heterocycles. The number of esters is 1. The minimum absolute atomic E-state index is 0.0341. The molecule has 1 unspecified atom stereocenters. The van der Waals surface area contributed by atoms with Gasteiger partial charge in [-0.25, -0.2) is 0 Å². The first-order chi connectivity index (χ1) is 10.1. The number of Topliss-reactive ketones (excluding diaryl/α,β-unsaturated/α-hetero) is 1. The van der Waals surface area contributed by atoms with Crippen molar-refractivity contribution in [3.63, 3.8) is 0 Å². The van der Waals surface area contributed by atoms with Crippen molar-refractivity contribution in [3.8, 4) is 0 Å². The fourth-order valence-corrected chi connectivity index (χ4v) is 4.85. The van der Waals surface area contributed by atoms with E-state index in [1.807, 2.05) is 13.8 Å². The molecular weight excluding hydrogens is 284 g/mol. The average Bonchev–Trinajstić information content (AvgIpc) is 3.12. The van der Waals surface area contributed by atoms with E-state index in [-0.39, 0.29) is 29.2 Å². The van der Waals surface area contributed by atoms with Crippen molar-refractivity contribution in [1.29, 1.82) is 0 Å². The Balaban J connectivity index is 2.02. The van der Waals surface area contributed by atoms with Gasteiger partial charge in [-0.15, -0.1) is 0 Å². The largest absolute Gasteiger partial charge is 0.462 e. The fraction of sp³-hybridized carbons (Fsp3) is 0.882. The summed E-state index contributed by atoms with van der Waals surface area (Å²) in [6, 6.07) is 0. The highest BCUT2D eigenvalue weighted by Gasteiger charge is 2.65. The molecule has 1 N–H and O–H groups in total. The summed E-state index contributed by atoms with van der Waals surface area (Å²) in [6.45, 7) is 7.76. The van der Waals surface area contributed by atoms with Crippen LogP contribution < -0.4 is 0 Å². The number of carbonyl (C=O) groups is 2. The van der Waals surface area contributed by atoms with Crippen molar-refractivity contribution in [2.24, 2.45) is 17.3 Å². The Hall–Kier alpha value is -0.940. The third kappa shape index (κ3) is 2.29. The van der Waals surface area contributed by atoms with E-state index >= 15 is 0 Å². The molecule has 0 aromatic carbocycles. The van der Waals surface area contributed by atoms with Gasteiger partial charge in [0.2, 0.25) is 0 Å². The lowest BCUT2D eigenvalue weighted by atomic mass is 9.50. The Morgan fingerprint density at radius 2 is 1.95 bits per heavy atom. The molecule has 0 bridgehead atoms. The van der Waals surface area contributed by atoms with Crippen molar-refractivity contribution in [1.82, 2.24) is 0 Å². The van der Waals surface area contributed by atoms with Crippen LogP contribution in [0.25, 0.3) is 0 Å². The zero-order valence-electron chi connectivity index (χ0n) is 13.8. The predicted octanol–water partition coefficient (Wildman–Crippen LogP) is 1.85. The molecule has 124 valence electrons. The number of rotatable bonds is 2. The summed E-state index contributed by atoms with van der Waals surface area (Å²) in [6.07, 6.45) is 1.85. The molecule has 0 aromatic rings. The second-order valence-corrected chi connectivity index (χ2v) is 8.00. The van der Waals surface area contributed by atoms with Gasteiger partial charge in [0.15, 0.2) is 0 Å². The molecule has 0 amide bonds. The molecule has 1 aliphatic heterocycles. The third-order valence-electron chi connectivity index (χ3n) is 6.24. The van der Waals surface area contributed by atoms with Crippen molar-refractivity contribution >= 4 is 11.8 Å². The Morgan fingerprint density at radius 1 is 1.32 bits per heavy atom. The third-order valence-corrected chi connectivity index (χ3v) is 6.24. The molecule has 6 atom stereocenters. The molecule has 3 fully saturated rings. The summed E-state index contributed by atoms with van der Waals surface area (Å²) >= 11 is 0. The second kappa shape index (κ2) is 4.78. The maximum Gasteiger partial charge on any atom is 0.302 e. The highest BCUT2D eigenvalue weighted by Crippen LogP contribution is 2.58. The molecule has 3 rings (SSSR count).